The zero-order chi connectivity index (χ0) is 26.5. The second kappa shape index (κ2) is 11.6. The van der Waals surface area contributed by atoms with Crippen molar-refractivity contribution in [2.45, 2.75) is 32.5 Å². The summed E-state index contributed by atoms with van der Waals surface area (Å²) in [5.41, 5.74) is 1.05. The first-order valence-electron chi connectivity index (χ1n) is 11.8. The highest BCUT2D eigenvalue weighted by molar-refractivity contribution is 6.30. The molecular formula is C27H27ClFN3O5. The minimum atomic E-state index is -1.09. The van der Waals surface area contributed by atoms with Gasteiger partial charge in [-0.05, 0) is 49.7 Å². The van der Waals surface area contributed by atoms with Crippen LogP contribution in [-0.4, -0.2) is 63.5 Å². The van der Waals surface area contributed by atoms with Crippen molar-refractivity contribution >= 4 is 23.5 Å². The van der Waals surface area contributed by atoms with Gasteiger partial charge in [0.25, 0.3) is 5.91 Å². The Balaban J connectivity index is 1.37. The smallest absolute Gasteiger partial charge is 0.337 e. The zero-order valence-corrected chi connectivity index (χ0v) is 21.2. The molecular weight excluding hydrogens is 501 g/mol. The summed E-state index contributed by atoms with van der Waals surface area (Å²) >= 11 is 6.12. The maximum absolute atomic E-state index is 13.2. The molecule has 4 rings (SSSR count). The third kappa shape index (κ3) is 6.75. The predicted molar refractivity (Wildman–Crippen MR) is 136 cm³/mol. The summed E-state index contributed by atoms with van der Waals surface area (Å²) in [5.74, 6) is -0.806. The van der Waals surface area contributed by atoms with Gasteiger partial charge in [0.2, 0.25) is 5.88 Å². The lowest BCUT2D eigenvalue weighted by atomic mass is 10.1. The van der Waals surface area contributed by atoms with Crippen molar-refractivity contribution in [1.29, 1.82) is 0 Å². The molecule has 8 nitrogen and oxygen atoms in total. The fraction of sp³-hybridized carbons (Fsp3) is 0.296. The molecule has 194 valence electrons. The van der Waals surface area contributed by atoms with E-state index in [-0.39, 0.29) is 47.6 Å². The number of carboxylic acid groups (broad SMARTS) is 1. The number of benzene rings is 2. The SMILES string of the molecule is C[C@@H]1CN(Cc2ccc(F)cc2)[C@@H](C)CN1C(=O)COc1ccc(Cl)cc1Oc1ccc(C(=O)O)cn1. The monoisotopic (exact) mass is 527 g/mol. The Bertz CT molecular complexity index is 1260. The topological polar surface area (TPSA) is 92.2 Å². The summed E-state index contributed by atoms with van der Waals surface area (Å²) in [6, 6.07) is 14.1. The predicted octanol–water partition coefficient (Wildman–Crippen LogP) is 4.86. The first-order chi connectivity index (χ1) is 17.7. The van der Waals surface area contributed by atoms with E-state index >= 15 is 0 Å². The van der Waals surface area contributed by atoms with E-state index < -0.39 is 5.97 Å². The van der Waals surface area contributed by atoms with E-state index in [2.05, 4.69) is 16.8 Å². The van der Waals surface area contributed by atoms with Gasteiger partial charge in [0, 0.05) is 55.1 Å². The highest BCUT2D eigenvalue weighted by Gasteiger charge is 2.32. The van der Waals surface area contributed by atoms with Crippen LogP contribution in [0.5, 0.6) is 17.4 Å². The summed E-state index contributed by atoms with van der Waals surface area (Å²) in [7, 11) is 0. The normalized spacial score (nSPS) is 17.9. The Morgan fingerprint density at radius 3 is 2.49 bits per heavy atom. The second-order valence-electron chi connectivity index (χ2n) is 8.97. The van der Waals surface area contributed by atoms with Crippen LogP contribution in [0.2, 0.25) is 5.02 Å². The molecule has 1 aromatic heterocycles. The molecule has 1 aliphatic rings. The van der Waals surface area contributed by atoms with E-state index in [1.807, 2.05) is 6.92 Å². The number of ether oxygens (including phenoxy) is 2. The van der Waals surface area contributed by atoms with Crippen LogP contribution in [0.1, 0.15) is 29.8 Å². The van der Waals surface area contributed by atoms with Crippen molar-refractivity contribution < 1.29 is 28.6 Å². The van der Waals surface area contributed by atoms with Gasteiger partial charge in [0.1, 0.15) is 5.82 Å². The third-order valence-corrected chi connectivity index (χ3v) is 6.42. The molecule has 0 spiro atoms. The highest BCUT2D eigenvalue weighted by Crippen LogP contribution is 2.33. The second-order valence-corrected chi connectivity index (χ2v) is 9.41. The van der Waals surface area contributed by atoms with E-state index in [1.54, 1.807) is 29.2 Å². The number of aromatic carboxylic acids is 1. The van der Waals surface area contributed by atoms with Crippen molar-refractivity contribution in [3.05, 3.63) is 82.8 Å². The quantitative estimate of drug-likeness (QED) is 0.447. The first-order valence-corrected chi connectivity index (χ1v) is 12.1. The van der Waals surface area contributed by atoms with Crippen LogP contribution < -0.4 is 9.47 Å². The molecule has 0 saturated carbocycles. The van der Waals surface area contributed by atoms with E-state index in [1.165, 1.54) is 36.5 Å². The Kier molecular flexibility index (Phi) is 8.25. The Morgan fingerprint density at radius 1 is 1.05 bits per heavy atom. The number of carboxylic acids is 1. The summed E-state index contributed by atoms with van der Waals surface area (Å²) in [6.07, 6.45) is 1.19. The number of nitrogens with zero attached hydrogens (tertiary/aromatic N) is 3. The average molecular weight is 528 g/mol. The van der Waals surface area contributed by atoms with Gasteiger partial charge in [-0.25, -0.2) is 14.2 Å². The van der Waals surface area contributed by atoms with Crippen LogP contribution in [0.25, 0.3) is 0 Å². The summed E-state index contributed by atoms with van der Waals surface area (Å²) in [4.78, 5) is 32.2. The fourth-order valence-electron chi connectivity index (χ4n) is 4.17. The highest BCUT2D eigenvalue weighted by atomic mass is 35.5. The van der Waals surface area contributed by atoms with Crippen molar-refractivity contribution in [3.63, 3.8) is 0 Å². The molecule has 2 aromatic carbocycles. The van der Waals surface area contributed by atoms with Crippen molar-refractivity contribution in [3.8, 4) is 17.4 Å². The number of rotatable bonds is 8. The number of hydrogen-bond donors (Lipinski definition) is 1. The lowest BCUT2D eigenvalue weighted by Crippen LogP contribution is -2.58. The number of pyridine rings is 1. The van der Waals surface area contributed by atoms with Gasteiger partial charge in [0.05, 0.1) is 5.56 Å². The Morgan fingerprint density at radius 2 is 1.81 bits per heavy atom. The number of piperazine rings is 1. The van der Waals surface area contributed by atoms with Crippen LogP contribution in [0, 0.1) is 5.82 Å². The van der Waals surface area contributed by atoms with E-state index in [0.29, 0.717) is 30.4 Å². The van der Waals surface area contributed by atoms with Crippen molar-refractivity contribution in [2.24, 2.45) is 0 Å². The average Bonchev–Trinajstić information content (AvgIpc) is 2.87. The molecule has 1 saturated heterocycles. The largest absolute Gasteiger partial charge is 0.480 e. The minimum absolute atomic E-state index is 0.0293. The number of carbonyl (C=O) groups excluding carboxylic acids is 1. The van der Waals surface area contributed by atoms with Gasteiger partial charge in [-0.2, -0.15) is 0 Å². The Labute approximate surface area is 219 Å². The van der Waals surface area contributed by atoms with Crippen LogP contribution in [-0.2, 0) is 11.3 Å². The zero-order valence-electron chi connectivity index (χ0n) is 20.4. The molecule has 1 amide bonds. The number of aromatic nitrogens is 1. The fourth-order valence-corrected chi connectivity index (χ4v) is 4.34. The van der Waals surface area contributed by atoms with Crippen molar-refractivity contribution in [1.82, 2.24) is 14.8 Å². The van der Waals surface area contributed by atoms with Crippen LogP contribution in [0.15, 0.2) is 60.8 Å². The van der Waals surface area contributed by atoms with Gasteiger partial charge < -0.3 is 19.5 Å². The molecule has 3 aromatic rings. The molecule has 10 heteroatoms. The molecule has 0 radical (unpaired) electrons. The summed E-state index contributed by atoms with van der Waals surface area (Å²) in [5, 5.41) is 9.43. The molecule has 37 heavy (non-hydrogen) atoms. The molecule has 0 bridgehead atoms. The molecule has 1 N–H and O–H groups in total. The molecule has 1 fully saturated rings. The van der Waals surface area contributed by atoms with Gasteiger partial charge >= 0.3 is 5.97 Å². The van der Waals surface area contributed by atoms with Gasteiger partial charge in [-0.1, -0.05) is 23.7 Å². The number of hydrogen-bond acceptors (Lipinski definition) is 6. The maximum atomic E-state index is 13.2. The summed E-state index contributed by atoms with van der Waals surface area (Å²) < 4.78 is 24.8. The van der Waals surface area contributed by atoms with E-state index in [9.17, 15) is 14.0 Å². The molecule has 0 unspecified atom stereocenters. The number of carbonyl (C=O) groups is 2. The molecule has 1 aliphatic heterocycles. The molecule has 2 heterocycles. The third-order valence-electron chi connectivity index (χ3n) is 6.19. The standard InChI is InChI=1S/C27H27ClFN3O5/c1-17-14-32(18(2)13-31(17)15-19-3-7-22(29)8-4-19)26(33)16-36-23-9-6-21(28)11-24(23)37-25-10-5-20(12-30-25)27(34)35/h3-12,17-18H,13-16H2,1-2H3,(H,34,35)/t17-,18+/m0/s1. The number of amides is 1. The Hall–Kier alpha value is -3.69. The maximum Gasteiger partial charge on any atom is 0.337 e. The summed E-state index contributed by atoms with van der Waals surface area (Å²) in [6.45, 7) is 5.75. The van der Waals surface area contributed by atoms with Crippen LogP contribution in [0.4, 0.5) is 4.39 Å². The van der Waals surface area contributed by atoms with E-state index in [0.717, 1.165) is 5.56 Å². The van der Waals surface area contributed by atoms with Crippen molar-refractivity contribution in [2.75, 3.05) is 19.7 Å². The molecule has 2 atom stereocenters. The van der Waals surface area contributed by atoms with Gasteiger partial charge in [0.15, 0.2) is 18.1 Å². The lowest BCUT2D eigenvalue weighted by Gasteiger charge is -2.44. The molecule has 0 aliphatic carbocycles. The van der Waals surface area contributed by atoms with Crippen LogP contribution >= 0.6 is 11.6 Å². The van der Waals surface area contributed by atoms with Gasteiger partial charge in [-0.15, -0.1) is 0 Å². The lowest BCUT2D eigenvalue weighted by molar-refractivity contribution is -0.139. The number of halogens is 2. The van der Waals surface area contributed by atoms with Gasteiger partial charge in [-0.3, -0.25) is 9.69 Å². The first kappa shape index (κ1) is 26.4. The van der Waals surface area contributed by atoms with E-state index in [4.69, 9.17) is 26.2 Å². The minimum Gasteiger partial charge on any atom is -0.480 e. The van der Waals surface area contributed by atoms with Crippen LogP contribution in [0.3, 0.4) is 0 Å².